The van der Waals surface area contributed by atoms with Crippen molar-refractivity contribution in [2.75, 3.05) is 25.1 Å². The molecule has 2 aromatic rings. The molecule has 24 heavy (non-hydrogen) atoms. The van der Waals surface area contributed by atoms with Crippen LogP contribution in [0.1, 0.15) is 15.9 Å². The third kappa shape index (κ3) is 3.65. The van der Waals surface area contributed by atoms with Gasteiger partial charge in [-0.05, 0) is 30.7 Å². The summed E-state index contributed by atoms with van der Waals surface area (Å²) in [5.41, 5.74) is 2.02. The highest BCUT2D eigenvalue weighted by Gasteiger charge is 2.14. The topological polar surface area (TPSA) is 76.7 Å². The largest absolute Gasteiger partial charge is 0.486 e. The van der Waals surface area contributed by atoms with Gasteiger partial charge >= 0.3 is 0 Å². The van der Waals surface area contributed by atoms with Gasteiger partial charge in [0.2, 0.25) is 5.91 Å². The molecule has 0 aromatic heterocycles. The lowest BCUT2D eigenvalue weighted by atomic mass is 10.1. The van der Waals surface area contributed by atoms with E-state index >= 15 is 0 Å². The van der Waals surface area contributed by atoms with E-state index in [4.69, 9.17) is 9.47 Å². The van der Waals surface area contributed by atoms with Crippen LogP contribution in [-0.4, -0.2) is 31.6 Å². The monoisotopic (exact) mass is 326 g/mol. The Morgan fingerprint density at radius 2 is 1.79 bits per heavy atom. The second-order valence-corrected chi connectivity index (χ2v) is 5.40. The summed E-state index contributed by atoms with van der Waals surface area (Å²) >= 11 is 0. The van der Waals surface area contributed by atoms with Gasteiger partial charge in [-0.2, -0.15) is 0 Å². The lowest BCUT2D eigenvalue weighted by molar-refractivity contribution is -0.115. The van der Waals surface area contributed by atoms with Crippen LogP contribution in [-0.2, 0) is 4.79 Å². The molecule has 124 valence electrons. The van der Waals surface area contributed by atoms with Gasteiger partial charge in [-0.25, -0.2) is 0 Å². The Kier molecular flexibility index (Phi) is 4.65. The van der Waals surface area contributed by atoms with E-state index in [1.807, 2.05) is 19.1 Å². The predicted octanol–water partition coefficient (Wildman–Crippen LogP) is 2.13. The molecule has 1 aliphatic heterocycles. The van der Waals surface area contributed by atoms with Crippen LogP contribution < -0.4 is 20.1 Å². The number of carbonyl (C=O) groups excluding carboxylic acids is 2. The van der Waals surface area contributed by atoms with Crippen LogP contribution in [0.15, 0.2) is 42.5 Å². The zero-order valence-electron chi connectivity index (χ0n) is 13.3. The molecule has 3 rings (SSSR count). The number of ether oxygens (including phenoxy) is 2. The van der Waals surface area contributed by atoms with Crippen molar-refractivity contribution in [3.63, 3.8) is 0 Å². The Bertz CT molecular complexity index is 773. The average Bonchev–Trinajstić information content (AvgIpc) is 2.60. The van der Waals surface area contributed by atoms with Gasteiger partial charge in [0.05, 0.1) is 6.54 Å². The summed E-state index contributed by atoms with van der Waals surface area (Å²) in [7, 11) is 0. The van der Waals surface area contributed by atoms with E-state index in [-0.39, 0.29) is 18.4 Å². The lowest BCUT2D eigenvalue weighted by Gasteiger charge is -2.19. The van der Waals surface area contributed by atoms with E-state index in [1.54, 1.807) is 30.3 Å². The van der Waals surface area contributed by atoms with Gasteiger partial charge in [0.1, 0.15) is 13.2 Å². The molecule has 0 saturated carbocycles. The van der Waals surface area contributed by atoms with Crippen molar-refractivity contribution >= 4 is 17.5 Å². The SMILES string of the molecule is Cc1ccccc1C(=O)NCC(=O)Nc1ccc2c(c1)OCCO2. The second-order valence-electron chi connectivity index (χ2n) is 5.40. The first-order chi connectivity index (χ1) is 11.6. The first-order valence-electron chi connectivity index (χ1n) is 7.67. The lowest BCUT2D eigenvalue weighted by Crippen LogP contribution is -2.33. The standard InChI is InChI=1S/C18H18N2O4/c1-12-4-2-3-5-14(12)18(22)19-11-17(21)20-13-6-7-15-16(10-13)24-9-8-23-15/h2-7,10H,8-9,11H2,1H3,(H,19,22)(H,20,21). The molecule has 0 radical (unpaired) electrons. The second kappa shape index (κ2) is 7.04. The number of nitrogens with one attached hydrogen (secondary N) is 2. The van der Waals surface area contributed by atoms with Gasteiger partial charge in [0, 0.05) is 17.3 Å². The van der Waals surface area contributed by atoms with Gasteiger partial charge in [-0.3, -0.25) is 9.59 Å². The summed E-state index contributed by atoms with van der Waals surface area (Å²) < 4.78 is 10.9. The van der Waals surface area contributed by atoms with Crippen LogP contribution >= 0.6 is 0 Å². The van der Waals surface area contributed by atoms with Crippen LogP contribution in [0.5, 0.6) is 11.5 Å². The van der Waals surface area contributed by atoms with Crippen molar-refractivity contribution in [3.8, 4) is 11.5 Å². The molecule has 0 unspecified atom stereocenters. The molecule has 0 aliphatic carbocycles. The number of fused-ring (bicyclic) bond motifs is 1. The molecule has 0 fully saturated rings. The molecule has 0 atom stereocenters. The van der Waals surface area contributed by atoms with Gasteiger partial charge in [-0.15, -0.1) is 0 Å². The number of amides is 2. The van der Waals surface area contributed by atoms with Crippen molar-refractivity contribution in [3.05, 3.63) is 53.6 Å². The van der Waals surface area contributed by atoms with Gasteiger partial charge in [0.15, 0.2) is 11.5 Å². The zero-order chi connectivity index (χ0) is 16.9. The molecular formula is C18H18N2O4. The molecule has 1 aliphatic rings. The summed E-state index contributed by atoms with van der Waals surface area (Å²) in [6, 6.07) is 12.4. The maximum absolute atomic E-state index is 12.1. The highest BCUT2D eigenvalue weighted by atomic mass is 16.6. The number of rotatable bonds is 4. The predicted molar refractivity (Wildman–Crippen MR) is 89.6 cm³/mol. The Labute approximate surface area is 139 Å². The van der Waals surface area contributed by atoms with Gasteiger partial charge in [0.25, 0.3) is 5.91 Å². The molecule has 0 bridgehead atoms. The fourth-order valence-electron chi connectivity index (χ4n) is 2.41. The minimum Gasteiger partial charge on any atom is -0.486 e. The molecule has 0 saturated heterocycles. The highest BCUT2D eigenvalue weighted by molar-refractivity contribution is 6.00. The van der Waals surface area contributed by atoms with Crippen molar-refractivity contribution in [1.29, 1.82) is 0 Å². The molecule has 6 heteroatoms. The molecule has 6 nitrogen and oxygen atoms in total. The van der Waals surface area contributed by atoms with Crippen LogP contribution in [0, 0.1) is 6.92 Å². The summed E-state index contributed by atoms with van der Waals surface area (Å²) in [5, 5.41) is 5.34. The molecular weight excluding hydrogens is 308 g/mol. The number of aryl methyl sites for hydroxylation is 1. The van der Waals surface area contributed by atoms with E-state index in [9.17, 15) is 9.59 Å². The van der Waals surface area contributed by atoms with Crippen molar-refractivity contribution in [2.45, 2.75) is 6.92 Å². The maximum atomic E-state index is 12.1. The third-order valence-electron chi connectivity index (χ3n) is 3.63. The first-order valence-corrected chi connectivity index (χ1v) is 7.67. The quantitative estimate of drug-likeness (QED) is 0.902. The minimum atomic E-state index is -0.311. The Balaban J connectivity index is 1.56. The first kappa shape index (κ1) is 15.9. The fraction of sp³-hybridized carbons (Fsp3) is 0.222. The van der Waals surface area contributed by atoms with E-state index < -0.39 is 0 Å². The molecule has 0 spiro atoms. The number of anilines is 1. The zero-order valence-corrected chi connectivity index (χ0v) is 13.3. The van der Waals surface area contributed by atoms with Gasteiger partial charge < -0.3 is 20.1 Å². The van der Waals surface area contributed by atoms with E-state index in [1.165, 1.54) is 0 Å². The van der Waals surface area contributed by atoms with Crippen LogP contribution in [0.4, 0.5) is 5.69 Å². The van der Waals surface area contributed by atoms with E-state index in [0.29, 0.717) is 36.0 Å². The summed E-state index contributed by atoms with van der Waals surface area (Å²) in [6.07, 6.45) is 0. The minimum absolute atomic E-state index is 0.110. The highest BCUT2D eigenvalue weighted by Crippen LogP contribution is 2.32. The molecule has 1 heterocycles. The van der Waals surface area contributed by atoms with E-state index in [0.717, 1.165) is 5.56 Å². The van der Waals surface area contributed by atoms with Crippen LogP contribution in [0.3, 0.4) is 0 Å². The Hall–Kier alpha value is -3.02. The van der Waals surface area contributed by atoms with Crippen molar-refractivity contribution in [2.24, 2.45) is 0 Å². The Morgan fingerprint density at radius 1 is 1.04 bits per heavy atom. The summed E-state index contributed by atoms with van der Waals surface area (Å²) in [5.74, 6) is 0.675. The molecule has 2 N–H and O–H groups in total. The Morgan fingerprint density at radius 3 is 2.58 bits per heavy atom. The molecule has 2 aromatic carbocycles. The summed E-state index contributed by atoms with van der Waals surface area (Å²) in [4.78, 5) is 24.1. The van der Waals surface area contributed by atoms with Crippen molar-refractivity contribution in [1.82, 2.24) is 5.32 Å². The van der Waals surface area contributed by atoms with Crippen LogP contribution in [0.25, 0.3) is 0 Å². The van der Waals surface area contributed by atoms with Gasteiger partial charge in [-0.1, -0.05) is 18.2 Å². The number of hydrogen-bond donors (Lipinski definition) is 2. The normalized spacial score (nSPS) is 12.4. The van der Waals surface area contributed by atoms with E-state index in [2.05, 4.69) is 10.6 Å². The number of carbonyl (C=O) groups is 2. The van der Waals surface area contributed by atoms with Crippen LogP contribution in [0.2, 0.25) is 0 Å². The summed E-state index contributed by atoms with van der Waals surface area (Å²) in [6.45, 7) is 2.74. The smallest absolute Gasteiger partial charge is 0.251 e. The number of benzene rings is 2. The van der Waals surface area contributed by atoms with Crippen molar-refractivity contribution < 1.29 is 19.1 Å². The average molecular weight is 326 g/mol. The fourth-order valence-corrected chi connectivity index (χ4v) is 2.41. The maximum Gasteiger partial charge on any atom is 0.251 e. The third-order valence-corrected chi connectivity index (χ3v) is 3.63. The number of hydrogen-bond acceptors (Lipinski definition) is 4. The molecule has 2 amide bonds.